The van der Waals surface area contributed by atoms with Crippen LogP contribution in [0.1, 0.15) is 20.7 Å². The molecule has 0 aromatic heterocycles. The first kappa shape index (κ1) is 18.5. The molecule has 0 saturated carbocycles. The maximum atomic E-state index is 13.5. The Morgan fingerprint density at radius 1 is 1.12 bits per heavy atom. The van der Waals surface area contributed by atoms with Crippen molar-refractivity contribution in [1.29, 1.82) is 0 Å². The Morgan fingerprint density at radius 3 is 2.52 bits per heavy atom. The molecule has 0 heterocycles. The van der Waals surface area contributed by atoms with E-state index in [9.17, 15) is 26.8 Å². The molecule has 2 rings (SSSR count). The first-order valence-corrected chi connectivity index (χ1v) is 8.78. The number of hydrogen-bond donors (Lipinski definition) is 1. The van der Waals surface area contributed by atoms with E-state index in [0.717, 1.165) is 18.4 Å². The third-order valence-corrected chi connectivity index (χ3v) is 3.57. The van der Waals surface area contributed by atoms with E-state index in [0.29, 0.717) is 6.07 Å². The summed E-state index contributed by atoms with van der Waals surface area (Å²) in [6.45, 7) is -0.789. The van der Waals surface area contributed by atoms with Crippen molar-refractivity contribution < 1.29 is 31.5 Å². The van der Waals surface area contributed by atoms with Crippen LogP contribution in [0.4, 0.5) is 14.5 Å². The average molecular weight is 369 g/mol. The Labute approximate surface area is 142 Å². The van der Waals surface area contributed by atoms with Gasteiger partial charge in [0.25, 0.3) is 0 Å². The Bertz CT molecular complexity index is 928. The molecule has 132 valence electrons. The molecule has 2 aromatic rings. The molecule has 25 heavy (non-hydrogen) atoms. The molecule has 9 heteroatoms. The number of benzene rings is 2. The van der Waals surface area contributed by atoms with Crippen molar-refractivity contribution >= 4 is 27.5 Å². The third-order valence-electron chi connectivity index (χ3n) is 2.96. The molecule has 6 nitrogen and oxygen atoms in total. The normalized spacial score (nSPS) is 11.0. The standard InChI is InChI=1S/C16H13F2NO5S/c1-25(22,23)19-12-4-2-3-10(7-12)16(21)24-9-15(20)13-8-11(17)5-6-14(13)18/h2-8,19H,9H2,1H3. The quantitative estimate of drug-likeness (QED) is 0.624. The van der Waals surface area contributed by atoms with Crippen LogP contribution in [0.15, 0.2) is 42.5 Å². The number of carbonyl (C=O) groups excluding carboxylic acids is 2. The number of ether oxygens (including phenoxy) is 1. The monoisotopic (exact) mass is 369 g/mol. The van der Waals surface area contributed by atoms with E-state index in [2.05, 4.69) is 4.72 Å². The second kappa shape index (κ2) is 7.39. The molecule has 2 aromatic carbocycles. The predicted molar refractivity (Wildman–Crippen MR) is 85.9 cm³/mol. The summed E-state index contributed by atoms with van der Waals surface area (Å²) in [4.78, 5) is 23.8. The summed E-state index contributed by atoms with van der Waals surface area (Å²) in [6, 6.07) is 7.77. The van der Waals surface area contributed by atoms with Gasteiger partial charge in [-0.15, -0.1) is 0 Å². The van der Waals surface area contributed by atoms with Gasteiger partial charge in [0.1, 0.15) is 11.6 Å². The summed E-state index contributed by atoms with van der Waals surface area (Å²) in [7, 11) is -3.52. The lowest BCUT2D eigenvalue weighted by Crippen LogP contribution is -2.16. The van der Waals surface area contributed by atoms with E-state index >= 15 is 0 Å². The molecule has 1 N–H and O–H groups in total. The Hall–Kier alpha value is -2.81. The van der Waals surface area contributed by atoms with Crippen molar-refractivity contribution in [3.8, 4) is 0 Å². The molecule has 0 spiro atoms. The molecule has 0 aliphatic carbocycles. The molecule has 0 bridgehead atoms. The molecule has 0 fully saturated rings. The first-order valence-electron chi connectivity index (χ1n) is 6.89. The lowest BCUT2D eigenvalue weighted by molar-refractivity contribution is 0.0473. The van der Waals surface area contributed by atoms with E-state index in [1.807, 2.05) is 0 Å². The van der Waals surface area contributed by atoms with Crippen molar-refractivity contribution in [2.75, 3.05) is 17.6 Å². The number of rotatable bonds is 6. The van der Waals surface area contributed by atoms with Crippen LogP contribution in [0, 0.1) is 11.6 Å². The molecular formula is C16H13F2NO5S. The zero-order chi connectivity index (χ0) is 18.6. The van der Waals surface area contributed by atoms with Gasteiger partial charge in [-0.1, -0.05) is 6.07 Å². The molecule has 0 atom stereocenters. The highest BCUT2D eigenvalue weighted by atomic mass is 32.2. The fraction of sp³-hybridized carbons (Fsp3) is 0.125. The van der Waals surface area contributed by atoms with Crippen LogP contribution >= 0.6 is 0 Å². The minimum Gasteiger partial charge on any atom is -0.454 e. The highest BCUT2D eigenvalue weighted by Crippen LogP contribution is 2.14. The van der Waals surface area contributed by atoms with Crippen LogP contribution in [0.25, 0.3) is 0 Å². The van der Waals surface area contributed by atoms with E-state index in [4.69, 9.17) is 4.74 Å². The first-order chi connectivity index (χ1) is 11.7. The van der Waals surface area contributed by atoms with Crippen LogP contribution in [-0.2, 0) is 14.8 Å². The van der Waals surface area contributed by atoms with Crippen molar-refractivity contribution in [3.63, 3.8) is 0 Å². The van der Waals surface area contributed by atoms with Gasteiger partial charge in [0.05, 0.1) is 17.4 Å². The van der Waals surface area contributed by atoms with Crippen LogP contribution in [0.2, 0.25) is 0 Å². The summed E-state index contributed by atoms with van der Waals surface area (Å²) in [5.74, 6) is -3.55. The Balaban J connectivity index is 2.06. The predicted octanol–water partition coefficient (Wildman–Crippen LogP) is 2.38. The third kappa shape index (κ3) is 5.35. The number of ketones is 1. The van der Waals surface area contributed by atoms with Gasteiger partial charge in [0, 0.05) is 5.69 Å². The van der Waals surface area contributed by atoms with Gasteiger partial charge < -0.3 is 4.74 Å². The number of nitrogens with one attached hydrogen (secondary N) is 1. The van der Waals surface area contributed by atoms with Crippen LogP contribution in [0.5, 0.6) is 0 Å². The molecule has 0 radical (unpaired) electrons. The Morgan fingerprint density at radius 2 is 1.84 bits per heavy atom. The van der Waals surface area contributed by atoms with Gasteiger partial charge in [-0.3, -0.25) is 9.52 Å². The summed E-state index contributed by atoms with van der Waals surface area (Å²) < 4.78 is 55.9. The lowest BCUT2D eigenvalue weighted by atomic mass is 10.1. The highest BCUT2D eigenvalue weighted by Gasteiger charge is 2.16. The molecular weight excluding hydrogens is 356 g/mol. The summed E-state index contributed by atoms with van der Waals surface area (Å²) in [5.41, 5.74) is -0.402. The molecule has 0 saturated heterocycles. The number of carbonyl (C=O) groups is 2. The minimum absolute atomic E-state index is 0.0128. The van der Waals surface area contributed by atoms with Gasteiger partial charge in [-0.25, -0.2) is 22.0 Å². The van der Waals surface area contributed by atoms with Gasteiger partial charge in [0.2, 0.25) is 15.8 Å². The zero-order valence-corrected chi connectivity index (χ0v) is 13.8. The van der Waals surface area contributed by atoms with Gasteiger partial charge in [-0.2, -0.15) is 0 Å². The summed E-state index contributed by atoms with van der Waals surface area (Å²) in [6.07, 6.45) is 0.949. The number of esters is 1. The summed E-state index contributed by atoms with van der Waals surface area (Å²) >= 11 is 0. The van der Waals surface area contributed by atoms with E-state index in [1.165, 1.54) is 24.3 Å². The van der Waals surface area contributed by atoms with Crippen LogP contribution < -0.4 is 4.72 Å². The van der Waals surface area contributed by atoms with E-state index in [1.54, 1.807) is 0 Å². The second-order valence-corrected chi connectivity index (χ2v) is 6.83. The smallest absolute Gasteiger partial charge is 0.338 e. The molecule has 0 aliphatic rings. The zero-order valence-electron chi connectivity index (χ0n) is 13.0. The minimum atomic E-state index is -3.52. The highest BCUT2D eigenvalue weighted by molar-refractivity contribution is 7.92. The van der Waals surface area contributed by atoms with Crippen molar-refractivity contribution in [2.45, 2.75) is 0 Å². The molecule has 0 aliphatic heterocycles. The lowest BCUT2D eigenvalue weighted by Gasteiger charge is -2.07. The van der Waals surface area contributed by atoms with E-state index < -0.39 is 45.6 Å². The largest absolute Gasteiger partial charge is 0.454 e. The topological polar surface area (TPSA) is 89.5 Å². The van der Waals surface area contributed by atoms with Crippen molar-refractivity contribution in [2.24, 2.45) is 0 Å². The number of halogens is 2. The maximum absolute atomic E-state index is 13.5. The van der Waals surface area contributed by atoms with Crippen molar-refractivity contribution in [1.82, 2.24) is 0 Å². The number of hydrogen-bond acceptors (Lipinski definition) is 5. The van der Waals surface area contributed by atoms with Crippen LogP contribution in [0.3, 0.4) is 0 Å². The fourth-order valence-electron chi connectivity index (χ4n) is 1.93. The number of Topliss-reactive ketones (excluding diaryl/α,β-unsaturated/α-hetero) is 1. The van der Waals surface area contributed by atoms with Gasteiger partial charge in [-0.05, 0) is 36.4 Å². The van der Waals surface area contributed by atoms with Gasteiger partial charge >= 0.3 is 5.97 Å². The molecule has 0 amide bonds. The maximum Gasteiger partial charge on any atom is 0.338 e. The average Bonchev–Trinajstić information content (AvgIpc) is 2.53. The SMILES string of the molecule is CS(=O)(=O)Nc1cccc(C(=O)OCC(=O)c2cc(F)ccc2F)c1. The number of sulfonamides is 1. The van der Waals surface area contributed by atoms with Crippen molar-refractivity contribution in [3.05, 3.63) is 65.2 Å². The molecule has 0 unspecified atom stereocenters. The second-order valence-electron chi connectivity index (χ2n) is 5.08. The number of anilines is 1. The fourth-order valence-corrected chi connectivity index (χ4v) is 2.48. The van der Waals surface area contributed by atoms with Crippen LogP contribution in [-0.4, -0.2) is 33.0 Å². The Kier molecular flexibility index (Phi) is 5.48. The van der Waals surface area contributed by atoms with Gasteiger partial charge in [0.15, 0.2) is 6.61 Å². The van der Waals surface area contributed by atoms with E-state index in [-0.39, 0.29) is 11.3 Å². The summed E-state index contributed by atoms with van der Waals surface area (Å²) in [5, 5.41) is 0.